The summed E-state index contributed by atoms with van der Waals surface area (Å²) in [7, 11) is 3.10. The lowest BCUT2D eigenvalue weighted by Gasteiger charge is -2.19. The quantitative estimate of drug-likeness (QED) is 0.498. The Kier molecular flexibility index (Phi) is 7.78. The third kappa shape index (κ3) is 6.58. The van der Waals surface area contributed by atoms with Crippen molar-refractivity contribution in [3.05, 3.63) is 41.0 Å². The Labute approximate surface area is 204 Å². The third-order valence-corrected chi connectivity index (χ3v) is 5.17. The fourth-order valence-electron chi connectivity index (χ4n) is 3.50. The van der Waals surface area contributed by atoms with E-state index in [4.69, 9.17) is 14.2 Å². The van der Waals surface area contributed by atoms with Gasteiger partial charge < -0.3 is 24.8 Å². The van der Waals surface area contributed by atoms with Crippen molar-refractivity contribution in [3.63, 3.8) is 0 Å². The number of aryl methyl sites for hydroxylation is 2. The number of methoxy groups -OCH3 is 2. The van der Waals surface area contributed by atoms with Crippen molar-refractivity contribution in [2.24, 2.45) is 0 Å². The van der Waals surface area contributed by atoms with E-state index in [1.165, 1.54) is 7.11 Å². The van der Waals surface area contributed by atoms with Crippen LogP contribution in [0.3, 0.4) is 0 Å². The van der Waals surface area contributed by atoms with Crippen LogP contribution in [-0.2, 0) is 22.5 Å². The summed E-state index contributed by atoms with van der Waals surface area (Å²) >= 11 is 0. The molecule has 1 aromatic carbocycles. The van der Waals surface area contributed by atoms with Crippen LogP contribution in [0.5, 0.6) is 11.5 Å². The molecule has 0 saturated carbocycles. The number of aromatic nitrogens is 4. The third-order valence-electron chi connectivity index (χ3n) is 5.17. The van der Waals surface area contributed by atoms with E-state index >= 15 is 0 Å². The van der Waals surface area contributed by atoms with Crippen LogP contribution in [0.1, 0.15) is 50.0 Å². The van der Waals surface area contributed by atoms with Gasteiger partial charge in [-0.25, -0.2) is 14.3 Å². The number of amides is 2. The molecule has 2 heterocycles. The van der Waals surface area contributed by atoms with Gasteiger partial charge in [0, 0.05) is 23.9 Å². The highest BCUT2D eigenvalue weighted by Gasteiger charge is 2.18. The topological polar surface area (TPSA) is 129 Å². The lowest BCUT2D eigenvalue weighted by molar-refractivity contribution is -0.116. The molecule has 11 nitrogen and oxygen atoms in total. The Morgan fingerprint density at radius 1 is 1.09 bits per heavy atom. The van der Waals surface area contributed by atoms with Crippen LogP contribution < -0.4 is 20.1 Å². The van der Waals surface area contributed by atoms with Gasteiger partial charge in [0.25, 0.3) is 5.78 Å². The Morgan fingerprint density at radius 3 is 2.49 bits per heavy atom. The number of carbonyl (C=O) groups is 2. The largest absolute Gasteiger partial charge is 0.497 e. The van der Waals surface area contributed by atoms with E-state index in [0.29, 0.717) is 35.2 Å². The second-order valence-corrected chi connectivity index (χ2v) is 8.97. The smallest absolute Gasteiger partial charge is 0.408 e. The molecule has 0 radical (unpaired) electrons. The molecule has 11 heteroatoms. The highest BCUT2D eigenvalue weighted by atomic mass is 16.6. The maximum atomic E-state index is 12.6. The first-order valence-corrected chi connectivity index (χ1v) is 11.2. The second-order valence-electron chi connectivity index (χ2n) is 8.97. The van der Waals surface area contributed by atoms with Gasteiger partial charge in [-0.05, 0) is 58.7 Å². The zero-order chi connectivity index (χ0) is 25.8. The summed E-state index contributed by atoms with van der Waals surface area (Å²) in [5, 5.41) is 9.99. The van der Waals surface area contributed by atoms with Gasteiger partial charge in [0.05, 0.1) is 26.5 Å². The van der Waals surface area contributed by atoms with E-state index in [0.717, 1.165) is 17.0 Å². The SMILES string of the molecule is COc1ccc(NC(=O)CCc2c(C)nc3nc(CNC(=O)OC(C)(C)C)nn3c2C)c(OC)c1. The molecule has 0 atom stereocenters. The number of alkyl carbamates (subject to hydrolysis) is 1. The summed E-state index contributed by atoms with van der Waals surface area (Å²) in [4.78, 5) is 33.5. The van der Waals surface area contributed by atoms with Crippen molar-refractivity contribution >= 4 is 23.5 Å². The summed E-state index contributed by atoms with van der Waals surface area (Å²) < 4.78 is 17.4. The number of ether oxygens (including phenoxy) is 3. The predicted octanol–water partition coefficient (Wildman–Crippen LogP) is 3.35. The molecule has 188 valence electrons. The normalized spacial score (nSPS) is 11.3. The van der Waals surface area contributed by atoms with Crippen LogP contribution in [0.2, 0.25) is 0 Å². The monoisotopic (exact) mass is 484 g/mol. The molecule has 3 aromatic rings. The molecule has 3 rings (SSSR count). The molecule has 0 aliphatic rings. The molecule has 0 aliphatic heterocycles. The standard InChI is InChI=1S/C24H32N6O5/c1-14-17(9-11-21(31)27-18-10-8-16(33-6)12-19(18)34-7)15(2)30-22(26-14)28-20(29-30)13-25-23(32)35-24(3,4)5/h8,10,12H,9,11,13H2,1-7H3,(H,25,32)(H,27,31). The summed E-state index contributed by atoms with van der Waals surface area (Å²) in [6, 6.07) is 5.20. The van der Waals surface area contributed by atoms with Gasteiger partial charge in [0.1, 0.15) is 17.1 Å². The lowest BCUT2D eigenvalue weighted by atomic mass is 10.1. The minimum atomic E-state index is -0.592. The fourth-order valence-corrected chi connectivity index (χ4v) is 3.50. The molecule has 0 unspecified atom stereocenters. The molecular formula is C24H32N6O5. The Balaban J connectivity index is 1.68. The van der Waals surface area contributed by atoms with Crippen molar-refractivity contribution in [2.75, 3.05) is 19.5 Å². The molecule has 0 spiro atoms. The van der Waals surface area contributed by atoms with Gasteiger partial charge in [0.2, 0.25) is 5.91 Å². The van der Waals surface area contributed by atoms with Crippen molar-refractivity contribution < 1.29 is 23.8 Å². The van der Waals surface area contributed by atoms with E-state index in [1.54, 1.807) is 50.6 Å². The number of carbonyl (C=O) groups excluding carboxylic acids is 2. The highest BCUT2D eigenvalue weighted by molar-refractivity contribution is 5.92. The van der Waals surface area contributed by atoms with Crippen LogP contribution in [0.25, 0.3) is 5.78 Å². The number of nitrogens with zero attached hydrogens (tertiary/aromatic N) is 4. The maximum Gasteiger partial charge on any atom is 0.408 e. The maximum absolute atomic E-state index is 12.6. The van der Waals surface area contributed by atoms with Gasteiger partial charge >= 0.3 is 6.09 Å². The van der Waals surface area contributed by atoms with Crippen molar-refractivity contribution in [2.45, 2.75) is 59.6 Å². The van der Waals surface area contributed by atoms with Gasteiger partial charge in [0.15, 0.2) is 5.82 Å². The number of benzene rings is 1. The van der Waals surface area contributed by atoms with E-state index < -0.39 is 11.7 Å². The Morgan fingerprint density at radius 2 is 1.83 bits per heavy atom. The molecule has 2 amide bonds. The zero-order valence-corrected chi connectivity index (χ0v) is 21.2. The van der Waals surface area contributed by atoms with Gasteiger partial charge in [-0.15, -0.1) is 5.10 Å². The molecule has 2 aromatic heterocycles. The molecule has 35 heavy (non-hydrogen) atoms. The molecule has 2 N–H and O–H groups in total. The van der Waals surface area contributed by atoms with Crippen LogP contribution >= 0.6 is 0 Å². The van der Waals surface area contributed by atoms with Crippen LogP contribution in [0.4, 0.5) is 10.5 Å². The van der Waals surface area contributed by atoms with Crippen molar-refractivity contribution in [1.29, 1.82) is 0 Å². The average Bonchev–Trinajstić information content (AvgIpc) is 3.19. The van der Waals surface area contributed by atoms with Crippen molar-refractivity contribution in [1.82, 2.24) is 24.9 Å². The number of anilines is 1. The van der Waals surface area contributed by atoms with Crippen LogP contribution in [0.15, 0.2) is 18.2 Å². The van der Waals surface area contributed by atoms with E-state index in [9.17, 15) is 9.59 Å². The lowest BCUT2D eigenvalue weighted by Crippen LogP contribution is -2.32. The summed E-state index contributed by atoms with van der Waals surface area (Å²) in [5.74, 6) is 1.83. The van der Waals surface area contributed by atoms with Crippen LogP contribution in [-0.4, -0.2) is 51.4 Å². The second kappa shape index (κ2) is 10.6. The first kappa shape index (κ1) is 25.7. The Hall–Kier alpha value is -3.89. The summed E-state index contributed by atoms with van der Waals surface area (Å²) in [5.41, 5.74) is 2.48. The number of hydrogen-bond donors (Lipinski definition) is 2. The number of rotatable bonds is 8. The number of fused-ring (bicyclic) bond motifs is 1. The minimum Gasteiger partial charge on any atom is -0.497 e. The van der Waals surface area contributed by atoms with Crippen LogP contribution in [0, 0.1) is 13.8 Å². The highest BCUT2D eigenvalue weighted by Crippen LogP contribution is 2.29. The van der Waals surface area contributed by atoms with E-state index in [1.807, 2.05) is 13.8 Å². The van der Waals surface area contributed by atoms with Gasteiger partial charge in [-0.3, -0.25) is 4.79 Å². The number of nitrogens with one attached hydrogen (secondary N) is 2. The Bertz CT molecular complexity index is 1230. The molecule has 0 saturated heterocycles. The molecule has 0 fully saturated rings. The first-order valence-electron chi connectivity index (χ1n) is 11.2. The van der Waals surface area contributed by atoms with Gasteiger partial charge in [-0.2, -0.15) is 4.98 Å². The summed E-state index contributed by atoms with van der Waals surface area (Å²) in [6.45, 7) is 9.27. The van der Waals surface area contributed by atoms with E-state index in [2.05, 4.69) is 25.7 Å². The average molecular weight is 485 g/mol. The minimum absolute atomic E-state index is 0.109. The van der Waals surface area contributed by atoms with E-state index in [-0.39, 0.29) is 18.9 Å². The molecule has 0 aliphatic carbocycles. The molecule has 0 bridgehead atoms. The van der Waals surface area contributed by atoms with Crippen molar-refractivity contribution in [3.8, 4) is 11.5 Å². The zero-order valence-electron chi connectivity index (χ0n) is 21.2. The van der Waals surface area contributed by atoms with Gasteiger partial charge in [-0.1, -0.05) is 0 Å². The fraction of sp³-hybridized carbons (Fsp3) is 0.458. The summed E-state index contributed by atoms with van der Waals surface area (Å²) in [6.07, 6.45) is 0.166. The number of hydrogen-bond acceptors (Lipinski definition) is 8. The molecular weight excluding hydrogens is 452 g/mol. The first-order chi connectivity index (χ1) is 16.5. The predicted molar refractivity (Wildman–Crippen MR) is 130 cm³/mol.